The fourth-order valence-corrected chi connectivity index (χ4v) is 6.36. The highest BCUT2D eigenvalue weighted by atomic mass is 16.5. The van der Waals surface area contributed by atoms with Crippen LogP contribution < -0.4 is 9.80 Å². The van der Waals surface area contributed by atoms with E-state index in [9.17, 15) is 9.59 Å². The van der Waals surface area contributed by atoms with Gasteiger partial charge in [0.2, 0.25) is 5.78 Å². The van der Waals surface area contributed by atoms with Crippen LogP contribution in [-0.2, 0) is 14.3 Å². The van der Waals surface area contributed by atoms with Crippen LogP contribution in [0, 0.1) is 0 Å². The number of ketones is 2. The first-order chi connectivity index (χ1) is 24.0. The minimum atomic E-state index is -0.315. The highest BCUT2D eigenvalue weighted by Crippen LogP contribution is 2.40. The molecule has 6 aromatic rings. The van der Waals surface area contributed by atoms with E-state index in [0.717, 1.165) is 34.1 Å². The number of hydrogen-bond donors (Lipinski definition) is 0. The molecule has 238 valence electrons. The summed E-state index contributed by atoms with van der Waals surface area (Å²) in [7, 11) is 1.44. The van der Waals surface area contributed by atoms with E-state index in [1.807, 2.05) is 121 Å². The Labute approximate surface area is 286 Å². The molecule has 0 atom stereocenters. The first-order valence-electron chi connectivity index (χ1n) is 16.1. The van der Waals surface area contributed by atoms with Gasteiger partial charge in [0.15, 0.2) is 11.5 Å². The van der Waals surface area contributed by atoms with Gasteiger partial charge in [-0.2, -0.15) is 0 Å². The van der Waals surface area contributed by atoms with Crippen molar-refractivity contribution in [2.75, 3.05) is 16.9 Å². The second-order valence-electron chi connectivity index (χ2n) is 11.7. The molecular formula is C44H34N2O3. The highest BCUT2D eigenvalue weighted by molar-refractivity contribution is 6.47. The van der Waals surface area contributed by atoms with Crippen LogP contribution in [0.1, 0.15) is 18.1 Å². The largest absolute Gasteiger partial charge is 0.492 e. The summed E-state index contributed by atoms with van der Waals surface area (Å²) in [4.78, 5) is 32.5. The van der Waals surface area contributed by atoms with Crippen molar-refractivity contribution in [1.29, 1.82) is 0 Å². The van der Waals surface area contributed by atoms with Gasteiger partial charge in [-0.15, -0.1) is 0 Å². The smallest absolute Gasteiger partial charge is 0.229 e. The normalized spacial score (nSPS) is 13.0. The van der Waals surface area contributed by atoms with Crippen LogP contribution in [0.4, 0.5) is 34.1 Å². The van der Waals surface area contributed by atoms with Crippen molar-refractivity contribution < 1.29 is 14.3 Å². The lowest BCUT2D eigenvalue weighted by Crippen LogP contribution is -2.23. The standard InChI is InChI=1S/C44H34N2O3/c1-31-40(32-23-27-38(28-24-32)45(34-15-7-3-8-16-34)35-17-9-4-10-18-35)43(48)44(49-2)41(42(31)47)33-25-29-39(30-26-33)46(36-19-11-5-12-20-36)37-21-13-6-14-22-37/h3-30H,1-2H3. The van der Waals surface area contributed by atoms with Crippen molar-refractivity contribution in [1.82, 2.24) is 0 Å². The molecule has 0 radical (unpaired) electrons. The van der Waals surface area contributed by atoms with Crippen LogP contribution >= 0.6 is 0 Å². The van der Waals surface area contributed by atoms with Crippen molar-refractivity contribution in [2.45, 2.75) is 6.92 Å². The number of ether oxygens (including phenoxy) is 1. The van der Waals surface area contributed by atoms with Gasteiger partial charge in [-0.25, -0.2) is 0 Å². The van der Waals surface area contributed by atoms with Crippen molar-refractivity contribution in [2.24, 2.45) is 0 Å². The number of carbonyl (C=O) groups excluding carboxylic acids is 2. The molecule has 1 aliphatic rings. The van der Waals surface area contributed by atoms with Crippen LogP contribution in [0.3, 0.4) is 0 Å². The molecule has 0 aliphatic heterocycles. The van der Waals surface area contributed by atoms with E-state index in [4.69, 9.17) is 4.74 Å². The fraction of sp³-hybridized carbons (Fsp3) is 0.0455. The molecule has 0 fully saturated rings. The summed E-state index contributed by atoms with van der Waals surface area (Å²) >= 11 is 0. The summed E-state index contributed by atoms with van der Waals surface area (Å²) in [6.45, 7) is 1.72. The Kier molecular flexibility index (Phi) is 8.72. The molecule has 5 heteroatoms. The molecule has 1 aliphatic carbocycles. The molecule has 0 saturated carbocycles. The number of Topliss-reactive ketones (excluding diaryl/α,β-unsaturated/α-hetero) is 2. The van der Waals surface area contributed by atoms with Crippen molar-refractivity contribution in [3.8, 4) is 0 Å². The monoisotopic (exact) mass is 638 g/mol. The molecule has 7 rings (SSSR count). The van der Waals surface area contributed by atoms with Crippen molar-refractivity contribution >= 4 is 56.8 Å². The van der Waals surface area contributed by atoms with Gasteiger partial charge in [-0.05, 0) is 90.8 Å². The van der Waals surface area contributed by atoms with E-state index >= 15 is 0 Å². The maximum atomic E-state index is 14.1. The number of carbonyl (C=O) groups is 2. The van der Waals surface area contributed by atoms with E-state index in [0.29, 0.717) is 22.3 Å². The second kappa shape index (κ2) is 13.7. The van der Waals surface area contributed by atoms with Gasteiger partial charge in [0.25, 0.3) is 0 Å². The number of rotatable bonds is 9. The van der Waals surface area contributed by atoms with E-state index < -0.39 is 0 Å². The molecule has 49 heavy (non-hydrogen) atoms. The molecule has 6 aromatic carbocycles. The zero-order valence-corrected chi connectivity index (χ0v) is 27.3. The van der Waals surface area contributed by atoms with Crippen molar-refractivity contribution in [3.63, 3.8) is 0 Å². The quantitative estimate of drug-likeness (QED) is 0.148. The molecule has 0 N–H and O–H groups in total. The molecule has 5 nitrogen and oxygen atoms in total. The fourth-order valence-electron chi connectivity index (χ4n) is 6.36. The van der Waals surface area contributed by atoms with Gasteiger partial charge in [0, 0.05) is 45.3 Å². The zero-order valence-electron chi connectivity index (χ0n) is 27.3. The van der Waals surface area contributed by atoms with Gasteiger partial charge in [0.05, 0.1) is 12.7 Å². The summed E-state index contributed by atoms with van der Waals surface area (Å²) < 4.78 is 5.69. The lowest BCUT2D eigenvalue weighted by atomic mass is 9.82. The number of benzene rings is 6. The Morgan fingerprint density at radius 3 is 1.02 bits per heavy atom. The first-order valence-corrected chi connectivity index (χ1v) is 16.1. The predicted molar refractivity (Wildman–Crippen MR) is 199 cm³/mol. The SMILES string of the molecule is COC1=C(c2ccc(N(c3ccccc3)c3ccccc3)cc2)C(=O)C(C)=C(c2ccc(N(c3ccccc3)c3ccccc3)cc2)C1=O. The molecule has 0 heterocycles. The Balaban J connectivity index is 1.21. The molecular weight excluding hydrogens is 604 g/mol. The van der Waals surface area contributed by atoms with Gasteiger partial charge in [-0.1, -0.05) is 97.1 Å². The summed E-state index contributed by atoms with van der Waals surface area (Å²) in [5, 5.41) is 0. The number of nitrogens with zero attached hydrogens (tertiary/aromatic N) is 2. The van der Waals surface area contributed by atoms with E-state index in [-0.39, 0.29) is 22.9 Å². The van der Waals surface area contributed by atoms with Gasteiger partial charge in [-0.3, -0.25) is 9.59 Å². The van der Waals surface area contributed by atoms with Gasteiger partial charge in [0.1, 0.15) is 0 Å². The van der Waals surface area contributed by atoms with Crippen LogP contribution in [0.5, 0.6) is 0 Å². The summed E-state index contributed by atoms with van der Waals surface area (Å²) in [5.41, 5.74) is 8.16. The van der Waals surface area contributed by atoms with Gasteiger partial charge < -0.3 is 14.5 Å². The molecule has 0 spiro atoms. The number of para-hydroxylation sites is 4. The Bertz CT molecular complexity index is 2080. The second-order valence-corrected chi connectivity index (χ2v) is 11.7. The number of allylic oxidation sites excluding steroid dienone is 3. The number of hydrogen-bond acceptors (Lipinski definition) is 5. The van der Waals surface area contributed by atoms with Crippen LogP contribution in [0.15, 0.2) is 181 Å². The first kappa shape index (κ1) is 31.2. The summed E-state index contributed by atoms with van der Waals surface area (Å²) in [6.07, 6.45) is 0. The van der Waals surface area contributed by atoms with Gasteiger partial charge >= 0.3 is 0 Å². The third kappa shape index (κ3) is 6.06. The Hall–Kier alpha value is -6.46. The maximum absolute atomic E-state index is 14.1. The molecule has 0 aromatic heterocycles. The molecule has 0 unspecified atom stereocenters. The molecule has 0 bridgehead atoms. The average Bonchev–Trinajstić information content (AvgIpc) is 3.16. The van der Waals surface area contributed by atoms with Crippen LogP contribution in [0.25, 0.3) is 11.1 Å². The lowest BCUT2D eigenvalue weighted by Gasteiger charge is -2.27. The number of methoxy groups -OCH3 is 1. The summed E-state index contributed by atoms with van der Waals surface area (Å²) in [6, 6.07) is 55.9. The van der Waals surface area contributed by atoms with E-state index in [1.165, 1.54) is 7.11 Å². The van der Waals surface area contributed by atoms with Crippen molar-refractivity contribution in [3.05, 3.63) is 192 Å². The Morgan fingerprint density at radius 1 is 0.388 bits per heavy atom. The van der Waals surface area contributed by atoms with Crippen LogP contribution in [0.2, 0.25) is 0 Å². The van der Waals surface area contributed by atoms with E-state index in [1.54, 1.807) is 6.92 Å². The third-order valence-corrected chi connectivity index (χ3v) is 8.69. The average molecular weight is 639 g/mol. The Morgan fingerprint density at radius 2 is 0.694 bits per heavy atom. The maximum Gasteiger partial charge on any atom is 0.229 e. The third-order valence-electron chi connectivity index (χ3n) is 8.69. The molecule has 0 amide bonds. The van der Waals surface area contributed by atoms with Crippen LogP contribution in [-0.4, -0.2) is 18.7 Å². The van der Waals surface area contributed by atoms with E-state index in [2.05, 4.69) is 58.3 Å². The predicted octanol–water partition coefficient (Wildman–Crippen LogP) is 10.6. The minimum absolute atomic E-state index is 0.0422. The summed E-state index contributed by atoms with van der Waals surface area (Å²) in [5.74, 6) is -0.508. The highest BCUT2D eigenvalue weighted by Gasteiger charge is 2.35. The molecule has 0 saturated heterocycles. The lowest BCUT2D eigenvalue weighted by molar-refractivity contribution is -0.115. The minimum Gasteiger partial charge on any atom is -0.492 e. The topological polar surface area (TPSA) is 49.9 Å². The zero-order chi connectivity index (χ0) is 33.7. The number of anilines is 6.